The van der Waals surface area contributed by atoms with E-state index in [2.05, 4.69) is 57.4 Å². The summed E-state index contributed by atoms with van der Waals surface area (Å²) in [5.41, 5.74) is -0.197. The number of nitrogens with zero attached hydrogens (tertiary/aromatic N) is 1. The van der Waals surface area contributed by atoms with Crippen molar-refractivity contribution in [2.75, 3.05) is 11.3 Å². The van der Waals surface area contributed by atoms with Gasteiger partial charge in [-0.3, -0.25) is 8.93 Å². The highest BCUT2D eigenvalue weighted by atomic mass is 32.2. The maximum atomic E-state index is 10.6. The highest BCUT2D eigenvalue weighted by molar-refractivity contribution is 7.80. The zero-order chi connectivity index (χ0) is 16.5. The van der Waals surface area contributed by atoms with Crippen LogP contribution in [0.4, 0.5) is 5.13 Å². The Morgan fingerprint density at radius 2 is 1.95 bits per heavy atom. The van der Waals surface area contributed by atoms with Gasteiger partial charge in [-0.25, -0.2) is 4.98 Å². The van der Waals surface area contributed by atoms with Crippen molar-refractivity contribution in [3.8, 4) is 0 Å². The topological polar surface area (TPSA) is 74.3 Å². The fraction of sp³-hybridized carbons (Fsp3) is 0.769. The first-order valence-electron chi connectivity index (χ1n) is 6.81. The Bertz CT molecular complexity index is 510. The minimum absolute atomic E-state index is 0.170. The molecule has 8 heteroatoms. The van der Waals surface area contributed by atoms with Gasteiger partial charge in [-0.2, -0.15) is 0 Å². The molecule has 1 heterocycles. The average Bonchev–Trinajstić information content (AvgIpc) is 2.73. The third-order valence-corrected chi connectivity index (χ3v) is 10.2. The van der Waals surface area contributed by atoms with Gasteiger partial charge in [0.05, 0.1) is 0 Å². The van der Waals surface area contributed by atoms with Crippen LogP contribution in [0.5, 0.6) is 0 Å². The van der Waals surface area contributed by atoms with Gasteiger partial charge in [0.25, 0.3) is 0 Å². The van der Waals surface area contributed by atoms with E-state index in [-0.39, 0.29) is 10.5 Å². The molecular weight excluding hydrogens is 324 g/mol. The van der Waals surface area contributed by atoms with E-state index in [1.807, 2.05) is 0 Å². The normalized spacial score (nSPS) is 15.0. The Labute approximate surface area is 135 Å². The number of thiazole rings is 1. The molecule has 1 rings (SSSR count). The Balaban J connectivity index is 2.77. The van der Waals surface area contributed by atoms with Crippen LogP contribution in [-0.2, 0) is 21.1 Å². The Morgan fingerprint density at radius 3 is 2.43 bits per heavy atom. The van der Waals surface area contributed by atoms with E-state index in [1.54, 1.807) is 6.20 Å². The maximum absolute atomic E-state index is 10.6. The first-order chi connectivity index (χ1) is 9.35. The molecule has 0 aromatic carbocycles. The van der Waals surface area contributed by atoms with Crippen LogP contribution in [-0.4, -0.2) is 28.7 Å². The van der Waals surface area contributed by atoms with E-state index < -0.39 is 19.6 Å². The Morgan fingerprint density at radius 1 is 1.38 bits per heavy atom. The monoisotopic (exact) mass is 349 g/mol. The van der Waals surface area contributed by atoms with Crippen LogP contribution in [0.15, 0.2) is 6.20 Å². The number of aromatic nitrogens is 1. The van der Waals surface area contributed by atoms with Gasteiger partial charge in [-0.05, 0) is 18.1 Å². The summed E-state index contributed by atoms with van der Waals surface area (Å²) in [5.74, 6) is 0. The van der Waals surface area contributed by atoms with Crippen LogP contribution in [0.1, 0.15) is 39.5 Å². The van der Waals surface area contributed by atoms with Crippen molar-refractivity contribution in [3.05, 3.63) is 11.1 Å². The second kappa shape index (κ2) is 6.45. The van der Waals surface area contributed by atoms with Gasteiger partial charge < -0.3 is 8.98 Å². The summed E-state index contributed by atoms with van der Waals surface area (Å²) in [4.78, 5) is 5.09. The molecule has 1 atom stereocenters. The molecule has 5 nitrogen and oxygen atoms in total. The predicted octanol–water partition coefficient (Wildman–Crippen LogP) is 3.65. The lowest BCUT2D eigenvalue weighted by Gasteiger charge is -2.38. The second-order valence-electron chi connectivity index (χ2n) is 7.30. The molecule has 0 radical (unpaired) electrons. The van der Waals surface area contributed by atoms with Crippen LogP contribution in [0, 0.1) is 0 Å². The average molecular weight is 350 g/mol. The summed E-state index contributed by atoms with van der Waals surface area (Å²) in [5, 5.41) is 0.557. The molecule has 0 aliphatic carbocycles. The fourth-order valence-electron chi connectivity index (χ4n) is 1.35. The fourth-order valence-corrected chi connectivity index (χ4v) is 3.83. The van der Waals surface area contributed by atoms with E-state index in [9.17, 15) is 8.76 Å². The molecule has 122 valence electrons. The predicted molar refractivity (Wildman–Crippen MR) is 90.8 cm³/mol. The smallest absolute Gasteiger partial charge is 0.193 e. The lowest BCUT2D eigenvalue weighted by molar-refractivity contribution is 0.222. The van der Waals surface area contributed by atoms with Gasteiger partial charge in [0, 0.05) is 34.4 Å². The molecular formula is C13H25N2O3S2Si-. The maximum Gasteiger partial charge on any atom is 0.193 e. The summed E-state index contributed by atoms with van der Waals surface area (Å²) in [6.45, 7) is 15.9. The van der Waals surface area contributed by atoms with Crippen molar-refractivity contribution < 1.29 is 13.2 Å². The second-order valence-corrected chi connectivity index (χ2v) is 13.8. The summed E-state index contributed by atoms with van der Waals surface area (Å²) in [7, 11) is -1.80. The van der Waals surface area contributed by atoms with Crippen molar-refractivity contribution in [2.45, 2.75) is 58.2 Å². The first-order valence-corrected chi connectivity index (χ1v) is 11.6. The van der Waals surface area contributed by atoms with Crippen molar-refractivity contribution >= 4 is 36.1 Å². The molecule has 1 aromatic rings. The summed E-state index contributed by atoms with van der Waals surface area (Å²) in [6, 6.07) is 0. The Kier molecular flexibility index (Phi) is 5.77. The van der Waals surface area contributed by atoms with Crippen LogP contribution < -0.4 is 4.72 Å². The van der Waals surface area contributed by atoms with Gasteiger partial charge in [0.2, 0.25) is 0 Å². The quantitative estimate of drug-likeness (QED) is 0.628. The van der Waals surface area contributed by atoms with Gasteiger partial charge in [0.1, 0.15) is 0 Å². The van der Waals surface area contributed by atoms with Gasteiger partial charge in [0.15, 0.2) is 13.4 Å². The minimum Gasteiger partial charge on any atom is -0.755 e. The van der Waals surface area contributed by atoms with Gasteiger partial charge in [-0.15, -0.1) is 11.3 Å². The molecule has 0 aliphatic rings. The molecule has 0 aliphatic heterocycles. The Hall–Kier alpha value is -0.283. The third-order valence-electron chi connectivity index (χ3n) is 3.94. The molecule has 0 bridgehead atoms. The number of nitrogens with one attached hydrogen (secondary N) is 1. The van der Waals surface area contributed by atoms with Crippen molar-refractivity contribution in [1.82, 2.24) is 4.98 Å². The standard InChI is InChI=1S/C13H26N2O3S2Si/c1-12(2,3)21(6,7)18-9-13(4,5)10-8-14-11(19-10)15-20(16)17/h8H,9H2,1-7H3,(H,14,15)(H,16,17)/p-1. The SMILES string of the molecule is CC(C)(CO[Si](C)(C)C(C)(C)C)c1cnc(NS(=O)[O-])s1. The van der Waals surface area contributed by atoms with E-state index in [4.69, 9.17) is 4.43 Å². The molecule has 1 aromatic heterocycles. The zero-order valence-electron chi connectivity index (χ0n) is 13.8. The molecule has 0 saturated heterocycles. The van der Waals surface area contributed by atoms with Crippen molar-refractivity contribution in [3.63, 3.8) is 0 Å². The molecule has 1 unspecified atom stereocenters. The summed E-state index contributed by atoms with van der Waals surface area (Å²) >= 11 is -0.990. The molecule has 21 heavy (non-hydrogen) atoms. The van der Waals surface area contributed by atoms with E-state index >= 15 is 0 Å². The molecule has 0 saturated carbocycles. The highest BCUT2D eigenvalue weighted by Crippen LogP contribution is 2.39. The lowest BCUT2D eigenvalue weighted by Crippen LogP contribution is -2.43. The third kappa shape index (κ3) is 5.13. The number of hydrogen-bond donors (Lipinski definition) is 1. The zero-order valence-corrected chi connectivity index (χ0v) is 16.4. The number of hydrogen-bond acceptors (Lipinski definition) is 5. The van der Waals surface area contributed by atoms with Crippen molar-refractivity contribution in [2.24, 2.45) is 0 Å². The van der Waals surface area contributed by atoms with Gasteiger partial charge in [-0.1, -0.05) is 34.6 Å². The van der Waals surface area contributed by atoms with Gasteiger partial charge >= 0.3 is 0 Å². The van der Waals surface area contributed by atoms with E-state index in [0.29, 0.717) is 11.7 Å². The summed E-state index contributed by atoms with van der Waals surface area (Å²) in [6.07, 6.45) is 1.72. The molecule has 0 amide bonds. The number of anilines is 1. The van der Waals surface area contributed by atoms with Crippen LogP contribution in [0.2, 0.25) is 18.1 Å². The van der Waals surface area contributed by atoms with E-state index in [0.717, 1.165) is 4.88 Å². The molecule has 1 N–H and O–H groups in total. The van der Waals surface area contributed by atoms with Crippen LogP contribution in [0.3, 0.4) is 0 Å². The van der Waals surface area contributed by atoms with Crippen LogP contribution >= 0.6 is 11.3 Å². The highest BCUT2D eigenvalue weighted by Gasteiger charge is 2.39. The summed E-state index contributed by atoms with van der Waals surface area (Å²) < 4.78 is 29.8. The molecule has 0 fully saturated rings. The molecule has 0 spiro atoms. The largest absolute Gasteiger partial charge is 0.755 e. The minimum atomic E-state index is -2.34. The number of rotatable bonds is 6. The van der Waals surface area contributed by atoms with Crippen molar-refractivity contribution in [1.29, 1.82) is 0 Å². The lowest BCUT2D eigenvalue weighted by atomic mass is 9.94. The van der Waals surface area contributed by atoms with E-state index in [1.165, 1.54) is 11.3 Å². The van der Waals surface area contributed by atoms with Crippen LogP contribution in [0.25, 0.3) is 0 Å². The first kappa shape index (κ1) is 18.8.